The number of hydrogen-bond donors (Lipinski definition) is 1. The number of carboxylic acids is 1. The molecular formula is C12H8BrClN2O3. The molecule has 0 spiro atoms. The third-order valence-electron chi connectivity index (χ3n) is 2.45. The molecule has 0 aliphatic heterocycles. The zero-order valence-corrected chi connectivity index (χ0v) is 12.1. The Bertz CT molecular complexity index is 727. The van der Waals surface area contributed by atoms with Crippen LogP contribution in [0.5, 0.6) is 0 Å². The Balaban J connectivity index is 2.73. The fourth-order valence-corrected chi connectivity index (χ4v) is 2.13. The van der Waals surface area contributed by atoms with Gasteiger partial charge in [0.1, 0.15) is 0 Å². The van der Waals surface area contributed by atoms with Gasteiger partial charge in [0.15, 0.2) is 0 Å². The molecule has 5 nitrogen and oxygen atoms in total. The minimum absolute atomic E-state index is 0.291. The first-order valence-corrected chi connectivity index (χ1v) is 6.36. The van der Waals surface area contributed by atoms with E-state index >= 15 is 0 Å². The van der Waals surface area contributed by atoms with Gasteiger partial charge in [-0.1, -0.05) is 11.6 Å². The number of rotatable bonds is 2. The van der Waals surface area contributed by atoms with Gasteiger partial charge in [0.25, 0.3) is 0 Å². The fraction of sp³-hybridized carbons (Fsp3) is 0.0833. The average Bonchev–Trinajstić information content (AvgIpc) is 2.35. The SMILES string of the molecule is Cc1cn(-c2cc(Cl)ccc2Br)nc(C(=O)O)c1=O. The smallest absolute Gasteiger partial charge is 0.360 e. The van der Waals surface area contributed by atoms with Crippen LogP contribution >= 0.6 is 27.5 Å². The number of hydrogen-bond acceptors (Lipinski definition) is 3. The maximum Gasteiger partial charge on any atom is 0.360 e. The number of halogens is 2. The van der Waals surface area contributed by atoms with Crippen molar-refractivity contribution in [2.45, 2.75) is 6.92 Å². The highest BCUT2D eigenvalue weighted by atomic mass is 79.9. The molecule has 0 aliphatic carbocycles. The summed E-state index contributed by atoms with van der Waals surface area (Å²) in [7, 11) is 0. The van der Waals surface area contributed by atoms with E-state index in [2.05, 4.69) is 21.0 Å². The molecule has 0 saturated heterocycles. The molecule has 1 aromatic carbocycles. The third kappa shape index (κ3) is 2.69. The molecular weight excluding hydrogens is 336 g/mol. The maximum absolute atomic E-state index is 11.7. The first-order chi connectivity index (χ1) is 8.90. The molecule has 0 atom stereocenters. The largest absolute Gasteiger partial charge is 0.476 e. The second kappa shape index (κ2) is 5.14. The van der Waals surface area contributed by atoms with Crippen LogP contribution in [0.25, 0.3) is 5.69 Å². The predicted molar refractivity (Wildman–Crippen MR) is 74.2 cm³/mol. The van der Waals surface area contributed by atoms with Gasteiger partial charge in [0.05, 0.1) is 5.69 Å². The van der Waals surface area contributed by atoms with Gasteiger partial charge in [0.2, 0.25) is 11.1 Å². The van der Waals surface area contributed by atoms with Gasteiger partial charge in [-0.3, -0.25) is 4.79 Å². The van der Waals surface area contributed by atoms with E-state index in [0.717, 1.165) is 0 Å². The van der Waals surface area contributed by atoms with E-state index in [4.69, 9.17) is 16.7 Å². The molecule has 0 radical (unpaired) electrons. The highest BCUT2D eigenvalue weighted by Gasteiger charge is 2.15. The molecule has 1 heterocycles. The molecule has 1 N–H and O–H groups in total. The molecule has 0 saturated carbocycles. The van der Waals surface area contributed by atoms with E-state index in [-0.39, 0.29) is 0 Å². The fourth-order valence-electron chi connectivity index (χ4n) is 1.54. The van der Waals surface area contributed by atoms with Crippen LogP contribution in [-0.4, -0.2) is 20.9 Å². The van der Waals surface area contributed by atoms with Crippen LogP contribution in [0.1, 0.15) is 16.1 Å². The van der Waals surface area contributed by atoms with Crippen LogP contribution in [0, 0.1) is 6.92 Å². The second-order valence-corrected chi connectivity index (χ2v) is 5.13. The van der Waals surface area contributed by atoms with E-state index in [1.165, 1.54) is 17.8 Å². The number of nitrogens with zero attached hydrogens (tertiary/aromatic N) is 2. The molecule has 0 amide bonds. The van der Waals surface area contributed by atoms with Crippen molar-refractivity contribution in [3.8, 4) is 5.69 Å². The normalized spacial score (nSPS) is 10.5. The predicted octanol–water partition coefficient (Wildman–Crippen LogP) is 2.66. The summed E-state index contributed by atoms with van der Waals surface area (Å²) in [5.41, 5.74) is -0.272. The van der Waals surface area contributed by atoms with Crippen molar-refractivity contribution in [2.75, 3.05) is 0 Å². The number of benzene rings is 1. The second-order valence-electron chi connectivity index (χ2n) is 3.84. The Kier molecular flexibility index (Phi) is 3.73. The van der Waals surface area contributed by atoms with Crippen molar-refractivity contribution in [3.05, 3.63) is 55.4 Å². The lowest BCUT2D eigenvalue weighted by molar-refractivity contribution is 0.0686. The number of aryl methyl sites for hydroxylation is 1. The standard InChI is InChI=1S/C12H8BrClN2O3/c1-6-5-16(15-10(11(6)17)12(18)19)9-4-7(14)2-3-8(9)13/h2-5H,1H3,(H,18,19). The van der Waals surface area contributed by atoms with Crippen LogP contribution in [0.4, 0.5) is 0 Å². The van der Waals surface area contributed by atoms with Crippen LogP contribution in [0.15, 0.2) is 33.7 Å². The Labute approximate surface area is 121 Å². The minimum Gasteiger partial charge on any atom is -0.476 e. The zero-order valence-electron chi connectivity index (χ0n) is 9.72. The van der Waals surface area contributed by atoms with E-state index in [1.54, 1.807) is 18.2 Å². The Morgan fingerprint density at radius 2 is 2.16 bits per heavy atom. The molecule has 98 valence electrons. The van der Waals surface area contributed by atoms with E-state index < -0.39 is 17.1 Å². The number of carbonyl (C=O) groups is 1. The quantitative estimate of drug-likeness (QED) is 0.910. The molecule has 2 aromatic rings. The highest BCUT2D eigenvalue weighted by Crippen LogP contribution is 2.24. The van der Waals surface area contributed by atoms with Gasteiger partial charge in [0, 0.05) is 21.3 Å². The van der Waals surface area contributed by atoms with E-state index in [0.29, 0.717) is 20.7 Å². The minimum atomic E-state index is -1.36. The van der Waals surface area contributed by atoms with Gasteiger partial charge in [-0.25, -0.2) is 9.48 Å². The summed E-state index contributed by atoms with van der Waals surface area (Å²) >= 11 is 9.23. The summed E-state index contributed by atoms with van der Waals surface area (Å²) in [6, 6.07) is 5.02. The van der Waals surface area contributed by atoms with Crippen molar-refractivity contribution < 1.29 is 9.90 Å². The van der Waals surface area contributed by atoms with Gasteiger partial charge < -0.3 is 5.11 Å². The van der Waals surface area contributed by atoms with Gasteiger partial charge >= 0.3 is 5.97 Å². The summed E-state index contributed by atoms with van der Waals surface area (Å²) in [5, 5.41) is 13.3. The molecule has 1 aromatic heterocycles. The Hall–Kier alpha value is -1.66. The number of carboxylic acid groups (broad SMARTS) is 1. The molecule has 0 unspecified atom stereocenters. The first kappa shape index (κ1) is 13.8. The van der Waals surface area contributed by atoms with Gasteiger partial charge in [-0.15, -0.1) is 0 Å². The summed E-state index contributed by atoms with van der Waals surface area (Å²) in [5.74, 6) is -1.36. The summed E-state index contributed by atoms with van der Waals surface area (Å²) in [6.07, 6.45) is 1.46. The maximum atomic E-state index is 11.7. The Morgan fingerprint density at radius 3 is 2.79 bits per heavy atom. The van der Waals surface area contributed by atoms with E-state index in [9.17, 15) is 9.59 Å². The average molecular weight is 344 g/mol. The van der Waals surface area contributed by atoms with Crippen molar-refractivity contribution in [1.82, 2.24) is 9.78 Å². The van der Waals surface area contributed by atoms with Crippen molar-refractivity contribution in [2.24, 2.45) is 0 Å². The lowest BCUT2D eigenvalue weighted by atomic mass is 10.2. The molecule has 0 aliphatic rings. The van der Waals surface area contributed by atoms with Gasteiger partial charge in [-0.05, 0) is 41.1 Å². The van der Waals surface area contributed by atoms with Gasteiger partial charge in [-0.2, -0.15) is 5.10 Å². The number of aromatic nitrogens is 2. The zero-order chi connectivity index (χ0) is 14.2. The molecule has 19 heavy (non-hydrogen) atoms. The third-order valence-corrected chi connectivity index (χ3v) is 3.36. The van der Waals surface area contributed by atoms with Crippen LogP contribution in [-0.2, 0) is 0 Å². The monoisotopic (exact) mass is 342 g/mol. The molecule has 7 heteroatoms. The van der Waals surface area contributed by atoms with Crippen LogP contribution in [0.2, 0.25) is 5.02 Å². The van der Waals surface area contributed by atoms with Crippen molar-refractivity contribution in [3.63, 3.8) is 0 Å². The number of aromatic carboxylic acids is 1. The molecule has 2 rings (SSSR count). The van der Waals surface area contributed by atoms with Crippen molar-refractivity contribution in [1.29, 1.82) is 0 Å². The summed E-state index contributed by atoms with van der Waals surface area (Å²) in [6.45, 7) is 1.53. The summed E-state index contributed by atoms with van der Waals surface area (Å²) in [4.78, 5) is 22.6. The van der Waals surface area contributed by atoms with E-state index in [1.807, 2.05) is 0 Å². The Morgan fingerprint density at radius 1 is 1.47 bits per heavy atom. The highest BCUT2D eigenvalue weighted by molar-refractivity contribution is 9.10. The lowest BCUT2D eigenvalue weighted by Crippen LogP contribution is -2.23. The lowest BCUT2D eigenvalue weighted by Gasteiger charge is -2.09. The molecule has 0 bridgehead atoms. The first-order valence-electron chi connectivity index (χ1n) is 5.19. The summed E-state index contributed by atoms with van der Waals surface area (Å²) < 4.78 is 2.00. The topological polar surface area (TPSA) is 72.2 Å². The van der Waals surface area contributed by atoms with Crippen LogP contribution in [0.3, 0.4) is 0 Å². The van der Waals surface area contributed by atoms with Crippen molar-refractivity contribution >= 4 is 33.5 Å². The molecule has 0 fully saturated rings. The van der Waals surface area contributed by atoms with Crippen LogP contribution < -0.4 is 5.43 Å².